The second-order valence-electron chi connectivity index (χ2n) is 10.1. The van der Waals surface area contributed by atoms with Gasteiger partial charge in [0.05, 0.1) is 12.2 Å². The van der Waals surface area contributed by atoms with E-state index in [1.807, 2.05) is 0 Å². The zero-order valence-electron chi connectivity index (χ0n) is 19.2. The third-order valence-electron chi connectivity index (χ3n) is 7.31. The molecule has 1 saturated heterocycles. The van der Waals surface area contributed by atoms with Gasteiger partial charge >= 0.3 is 6.01 Å². The molecule has 0 bridgehead atoms. The van der Waals surface area contributed by atoms with Crippen molar-refractivity contribution in [2.24, 2.45) is 23.7 Å². The van der Waals surface area contributed by atoms with Crippen LogP contribution in [-0.4, -0.2) is 35.6 Å². The van der Waals surface area contributed by atoms with E-state index >= 15 is 0 Å². The number of hydrogen-bond acceptors (Lipinski definition) is 6. The summed E-state index contributed by atoms with van der Waals surface area (Å²) in [5.41, 5.74) is -0.417. The molecule has 0 N–H and O–H groups in total. The Morgan fingerprint density at radius 1 is 1.18 bits per heavy atom. The lowest BCUT2D eigenvalue weighted by Crippen LogP contribution is -2.34. The molecule has 33 heavy (non-hydrogen) atoms. The van der Waals surface area contributed by atoms with E-state index in [1.54, 1.807) is 0 Å². The first-order valence-corrected chi connectivity index (χ1v) is 12.1. The van der Waals surface area contributed by atoms with Crippen LogP contribution in [0, 0.1) is 35.3 Å². The van der Waals surface area contributed by atoms with E-state index in [9.17, 15) is 13.6 Å². The quantitative estimate of drug-likeness (QED) is 0.469. The van der Waals surface area contributed by atoms with E-state index in [-0.39, 0.29) is 17.6 Å². The predicted molar refractivity (Wildman–Crippen MR) is 118 cm³/mol. The minimum atomic E-state index is -0.820. The van der Waals surface area contributed by atoms with Crippen molar-refractivity contribution < 1.29 is 22.8 Å². The predicted octanol–water partition coefficient (Wildman–Crippen LogP) is 5.39. The van der Waals surface area contributed by atoms with Crippen molar-refractivity contribution in [3.63, 3.8) is 0 Å². The fourth-order valence-electron chi connectivity index (χ4n) is 5.03. The summed E-state index contributed by atoms with van der Waals surface area (Å²) in [6.45, 7) is 6.38. The van der Waals surface area contributed by atoms with Crippen LogP contribution in [0.2, 0.25) is 0 Å². The number of rotatable bonds is 9. The molecule has 178 valence electrons. The van der Waals surface area contributed by atoms with Crippen LogP contribution in [0.15, 0.2) is 16.7 Å². The normalized spacial score (nSPS) is 23.2. The molecule has 2 aromatic rings. The summed E-state index contributed by atoms with van der Waals surface area (Å²) in [6, 6.07) is 2.91. The minimum Gasteiger partial charge on any atom is -0.493 e. The van der Waals surface area contributed by atoms with Crippen molar-refractivity contribution in [2.75, 3.05) is 24.6 Å². The van der Waals surface area contributed by atoms with E-state index in [0.717, 1.165) is 50.3 Å². The second kappa shape index (κ2) is 9.03. The molecule has 6 nitrogen and oxygen atoms in total. The topological polar surface area (TPSA) is 68.5 Å². The van der Waals surface area contributed by atoms with E-state index < -0.39 is 23.0 Å². The van der Waals surface area contributed by atoms with Gasteiger partial charge in [-0.05, 0) is 56.3 Å². The average Bonchev–Trinajstić information content (AvgIpc) is 3.71. The van der Waals surface area contributed by atoms with Crippen LogP contribution in [-0.2, 0) is 0 Å². The molecule has 3 aliphatic rings. The molecule has 1 aromatic carbocycles. The summed E-state index contributed by atoms with van der Waals surface area (Å²) in [6.07, 6.45) is 5.70. The molecule has 5 rings (SSSR count). The highest BCUT2D eigenvalue weighted by atomic mass is 19.1. The van der Waals surface area contributed by atoms with Crippen molar-refractivity contribution in [3.05, 3.63) is 35.2 Å². The number of benzene rings is 1. The van der Waals surface area contributed by atoms with Gasteiger partial charge in [0.1, 0.15) is 17.4 Å². The van der Waals surface area contributed by atoms with Crippen LogP contribution in [0.1, 0.15) is 74.5 Å². The Hall–Kier alpha value is -2.51. The number of ether oxygens (including phenoxy) is 1. The van der Waals surface area contributed by atoms with E-state index in [0.29, 0.717) is 43.2 Å². The van der Waals surface area contributed by atoms with Crippen molar-refractivity contribution >= 4 is 11.8 Å². The van der Waals surface area contributed by atoms with Crippen molar-refractivity contribution in [2.45, 2.75) is 58.3 Å². The van der Waals surface area contributed by atoms with Gasteiger partial charge in [0, 0.05) is 37.1 Å². The Bertz CT molecular complexity index is 989. The van der Waals surface area contributed by atoms with Gasteiger partial charge in [0.2, 0.25) is 0 Å². The third kappa shape index (κ3) is 4.89. The lowest BCUT2D eigenvalue weighted by molar-refractivity contribution is 0.0959. The molecule has 0 amide bonds. The summed E-state index contributed by atoms with van der Waals surface area (Å²) in [5.74, 6) is 0.847. The molecular weight excluding hydrogens is 428 g/mol. The first-order chi connectivity index (χ1) is 15.9. The van der Waals surface area contributed by atoms with Crippen LogP contribution < -0.4 is 9.64 Å². The van der Waals surface area contributed by atoms with Gasteiger partial charge < -0.3 is 14.2 Å². The lowest BCUT2D eigenvalue weighted by Gasteiger charge is -2.30. The van der Waals surface area contributed by atoms with Crippen LogP contribution in [0.3, 0.4) is 0 Å². The number of aromatic nitrogens is 2. The number of carbonyl (C=O) groups excluding carboxylic acids is 1. The Kier molecular flexibility index (Phi) is 6.10. The number of ketones is 1. The first-order valence-electron chi connectivity index (χ1n) is 12.1. The molecule has 8 heteroatoms. The summed E-state index contributed by atoms with van der Waals surface area (Å²) < 4.78 is 39.6. The smallest absolute Gasteiger partial charge is 0.324 e. The number of anilines is 1. The van der Waals surface area contributed by atoms with Gasteiger partial charge in [-0.25, -0.2) is 8.78 Å². The Labute approximate surface area is 192 Å². The molecule has 2 atom stereocenters. The molecule has 3 fully saturated rings. The Balaban J connectivity index is 1.06. The minimum absolute atomic E-state index is 0.156. The Morgan fingerprint density at radius 3 is 2.48 bits per heavy atom. The molecule has 0 radical (unpaired) electrons. The second-order valence-corrected chi connectivity index (χ2v) is 10.1. The summed E-state index contributed by atoms with van der Waals surface area (Å²) in [4.78, 5) is 18.7. The van der Waals surface area contributed by atoms with Gasteiger partial charge in [-0.1, -0.05) is 19.0 Å². The van der Waals surface area contributed by atoms with E-state index in [4.69, 9.17) is 9.26 Å². The highest BCUT2D eigenvalue weighted by Gasteiger charge is 2.43. The zero-order valence-corrected chi connectivity index (χ0v) is 19.2. The first kappa shape index (κ1) is 22.3. The molecule has 1 aliphatic heterocycles. The molecule has 2 aliphatic carbocycles. The molecular formula is C25H31F2N3O3. The number of nitrogens with zero attached hydrogens (tertiary/aromatic N) is 3. The van der Waals surface area contributed by atoms with E-state index in [1.165, 1.54) is 6.42 Å². The molecule has 2 heterocycles. The molecule has 1 aromatic heterocycles. The molecule has 2 saturated carbocycles. The fourth-order valence-corrected chi connectivity index (χ4v) is 5.03. The van der Waals surface area contributed by atoms with Gasteiger partial charge in [0.25, 0.3) is 0 Å². The van der Waals surface area contributed by atoms with E-state index in [2.05, 4.69) is 28.9 Å². The monoisotopic (exact) mass is 459 g/mol. The largest absolute Gasteiger partial charge is 0.493 e. The van der Waals surface area contributed by atoms with Crippen molar-refractivity contribution in [3.8, 4) is 5.75 Å². The maximum Gasteiger partial charge on any atom is 0.324 e. The summed E-state index contributed by atoms with van der Waals surface area (Å²) in [5, 5.41) is 4.06. The Morgan fingerprint density at radius 2 is 1.88 bits per heavy atom. The number of Topliss-reactive ketones (excluding diaryl/α,β-unsaturated/α-hetero) is 1. The number of halogens is 2. The highest BCUT2D eigenvalue weighted by Crippen LogP contribution is 2.50. The maximum absolute atomic E-state index is 14.3. The van der Waals surface area contributed by atoms with Crippen LogP contribution in [0.25, 0.3) is 0 Å². The highest BCUT2D eigenvalue weighted by molar-refractivity contribution is 5.99. The molecule has 0 spiro atoms. The zero-order chi connectivity index (χ0) is 23.1. The van der Waals surface area contributed by atoms with Gasteiger partial charge in [-0.15, -0.1) is 0 Å². The SMILES string of the molecule is CC(C)c1noc(N2CCC([C@H]3C[C@H]3CCOc3cc(F)c(C(=O)C4CC4)c(F)c3)CC2)n1. The maximum atomic E-state index is 14.3. The van der Waals surface area contributed by atoms with Crippen LogP contribution in [0.4, 0.5) is 14.8 Å². The summed E-state index contributed by atoms with van der Waals surface area (Å²) in [7, 11) is 0. The fraction of sp³-hybridized carbons (Fsp3) is 0.640. The number of hydrogen-bond donors (Lipinski definition) is 0. The van der Waals surface area contributed by atoms with Crippen LogP contribution >= 0.6 is 0 Å². The molecule has 0 unspecified atom stereocenters. The average molecular weight is 460 g/mol. The van der Waals surface area contributed by atoms with Crippen molar-refractivity contribution in [1.82, 2.24) is 10.1 Å². The van der Waals surface area contributed by atoms with Crippen molar-refractivity contribution in [1.29, 1.82) is 0 Å². The third-order valence-corrected chi connectivity index (χ3v) is 7.31. The van der Waals surface area contributed by atoms with Crippen LogP contribution in [0.5, 0.6) is 5.75 Å². The number of piperidine rings is 1. The number of carbonyl (C=O) groups is 1. The lowest BCUT2D eigenvalue weighted by atomic mass is 9.90. The van der Waals surface area contributed by atoms with Gasteiger partial charge in [-0.2, -0.15) is 4.98 Å². The van der Waals surface area contributed by atoms with Gasteiger partial charge in [0.15, 0.2) is 11.6 Å². The summed E-state index contributed by atoms with van der Waals surface area (Å²) >= 11 is 0. The van der Waals surface area contributed by atoms with Gasteiger partial charge in [-0.3, -0.25) is 4.79 Å². The standard InChI is InChI=1S/C25H31F2N3O3/c1-14(2)24-28-25(33-29-24)30-8-5-15(6-9-30)19-11-17(19)7-10-32-18-12-20(26)22(21(27)13-18)23(31)16-3-4-16/h12-17,19H,3-11H2,1-2H3/t17-,19-/m1/s1.